The summed E-state index contributed by atoms with van der Waals surface area (Å²) in [5.74, 6) is -0.412. The van der Waals surface area contributed by atoms with Crippen molar-refractivity contribution in [2.75, 3.05) is 36.5 Å². The van der Waals surface area contributed by atoms with Crippen LogP contribution in [0.2, 0.25) is 0 Å². The van der Waals surface area contributed by atoms with Gasteiger partial charge >= 0.3 is 0 Å². The number of benzene rings is 1. The Kier molecular flexibility index (Phi) is 7.95. The number of nitrogens with one attached hydrogen (secondary N) is 2. The quantitative estimate of drug-likeness (QED) is 0.381. The number of fused-ring (bicyclic) bond motifs is 1. The average molecular weight is 493 g/mol. The van der Waals surface area contributed by atoms with Crippen molar-refractivity contribution in [2.24, 2.45) is 0 Å². The van der Waals surface area contributed by atoms with Gasteiger partial charge in [0.15, 0.2) is 0 Å². The summed E-state index contributed by atoms with van der Waals surface area (Å²) < 4.78 is 34.4. The number of hydrogen-bond acceptors (Lipinski definition) is 5. The van der Waals surface area contributed by atoms with Gasteiger partial charge in [0.25, 0.3) is 5.56 Å². The molecule has 2 aromatic heterocycles. The molecular formula is C28H30F2N4O2. The first kappa shape index (κ1) is 25.3. The molecule has 8 heteroatoms. The molecule has 4 rings (SSSR count). The van der Waals surface area contributed by atoms with Crippen LogP contribution in [0.1, 0.15) is 32.9 Å². The second-order valence-corrected chi connectivity index (χ2v) is 8.76. The van der Waals surface area contributed by atoms with Crippen LogP contribution in [-0.4, -0.2) is 36.3 Å². The third-order valence-electron chi connectivity index (χ3n) is 5.94. The second-order valence-electron chi connectivity index (χ2n) is 8.76. The van der Waals surface area contributed by atoms with Crippen molar-refractivity contribution in [1.82, 2.24) is 9.97 Å². The fourth-order valence-electron chi connectivity index (χ4n) is 4.16. The molecule has 0 atom stereocenters. The number of allylic oxidation sites excluding steroid dienone is 6. The van der Waals surface area contributed by atoms with Crippen LogP contribution in [0.5, 0.6) is 0 Å². The van der Waals surface area contributed by atoms with Crippen molar-refractivity contribution in [1.29, 1.82) is 0 Å². The Morgan fingerprint density at radius 1 is 1.19 bits per heavy atom. The van der Waals surface area contributed by atoms with E-state index in [1.807, 2.05) is 25.7 Å². The molecule has 0 amide bonds. The Bertz CT molecular complexity index is 1400. The number of H-pyrrole nitrogens is 1. The van der Waals surface area contributed by atoms with E-state index in [9.17, 15) is 9.18 Å². The highest BCUT2D eigenvalue weighted by atomic mass is 19.1. The Labute approximate surface area is 209 Å². The van der Waals surface area contributed by atoms with Crippen LogP contribution in [-0.2, 0) is 4.74 Å². The molecule has 0 bridgehead atoms. The standard InChI is InChI=1S/C28H30F2N4O2/c1-4-5-20(29)6-8-22(18(2)3)24-16-19-10-11-31-28(35)26(19)27(33-24)32-21-7-9-25(23(30)17-21)34-12-14-36-15-13-34/h5-11,16-17H,4,12-15H2,1-3H3,(H,31,35)(H,32,33)/b8-6-,20-5-. The number of aromatic amines is 1. The maximum absolute atomic E-state index is 15.0. The van der Waals surface area contributed by atoms with E-state index >= 15 is 4.39 Å². The molecule has 0 saturated carbocycles. The Morgan fingerprint density at radius 3 is 2.67 bits per heavy atom. The first-order chi connectivity index (χ1) is 17.4. The van der Waals surface area contributed by atoms with E-state index in [0.29, 0.717) is 66.4 Å². The molecule has 188 valence electrons. The minimum absolute atomic E-state index is 0.291. The summed E-state index contributed by atoms with van der Waals surface area (Å²) in [7, 11) is 0. The van der Waals surface area contributed by atoms with Gasteiger partial charge in [-0.15, -0.1) is 0 Å². The van der Waals surface area contributed by atoms with Crippen LogP contribution in [0.4, 0.5) is 26.0 Å². The minimum Gasteiger partial charge on any atom is -0.378 e. The summed E-state index contributed by atoms with van der Waals surface area (Å²) in [6.07, 6.45) is 6.73. The Hall–Kier alpha value is -3.78. The van der Waals surface area contributed by atoms with Gasteiger partial charge in [0.2, 0.25) is 0 Å². The molecule has 1 aliphatic heterocycles. The van der Waals surface area contributed by atoms with Crippen LogP contribution in [0.25, 0.3) is 16.3 Å². The van der Waals surface area contributed by atoms with Gasteiger partial charge in [-0.1, -0.05) is 12.5 Å². The lowest BCUT2D eigenvalue weighted by atomic mass is 10.0. The van der Waals surface area contributed by atoms with E-state index < -0.39 is 0 Å². The van der Waals surface area contributed by atoms with Crippen LogP contribution in [0, 0.1) is 5.82 Å². The monoisotopic (exact) mass is 492 g/mol. The molecule has 0 radical (unpaired) electrons. The summed E-state index contributed by atoms with van der Waals surface area (Å²) >= 11 is 0. The van der Waals surface area contributed by atoms with E-state index in [-0.39, 0.29) is 17.2 Å². The molecule has 3 heterocycles. The zero-order chi connectivity index (χ0) is 25.7. The Balaban J connectivity index is 1.75. The fourth-order valence-corrected chi connectivity index (χ4v) is 4.16. The normalized spacial score (nSPS) is 14.5. The molecular weight excluding hydrogens is 462 g/mol. The summed E-state index contributed by atoms with van der Waals surface area (Å²) in [6.45, 7) is 8.07. The first-order valence-electron chi connectivity index (χ1n) is 12.0. The lowest BCUT2D eigenvalue weighted by Crippen LogP contribution is -2.36. The van der Waals surface area contributed by atoms with Crippen molar-refractivity contribution in [3.63, 3.8) is 0 Å². The molecule has 0 spiro atoms. The molecule has 6 nitrogen and oxygen atoms in total. The van der Waals surface area contributed by atoms with Crippen LogP contribution >= 0.6 is 0 Å². The van der Waals surface area contributed by atoms with Gasteiger partial charge in [-0.05, 0) is 79.8 Å². The van der Waals surface area contributed by atoms with Crippen LogP contribution in [0.3, 0.4) is 0 Å². The molecule has 36 heavy (non-hydrogen) atoms. The highest BCUT2D eigenvalue weighted by molar-refractivity contribution is 5.95. The van der Waals surface area contributed by atoms with Gasteiger partial charge in [0, 0.05) is 25.0 Å². The number of halogens is 2. The van der Waals surface area contributed by atoms with Crippen molar-refractivity contribution < 1.29 is 13.5 Å². The molecule has 2 N–H and O–H groups in total. The van der Waals surface area contributed by atoms with E-state index in [1.165, 1.54) is 18.2 Å². The van der Waals surface area contributed by atoms with Crippen LogP contribution < -0.4 is 15.8 Å². The fraction of sp³-hybridized carbons (Fsp3) is 0.286. The maximum atomic E-state index is 15.0. The van der Waals surface area contributed by atoms with Crippen LogP contribution in [0.15, 0.2) is 71.0 Å². The summed E-state index contributed by atoms with van der Waals surface area (Å²) in [4.78, 5) is 22.0. The number of aromatic nitrogens is 2. The number of anilines is 3. The Morgan fingerprint density at radius 2 is 1.97 bits per heavy atom. The van der Waals surface area contributed by atoms with Crippen molar-refractivity contribution in [3.05, 3.63) is 88.0 Å². The number of rotatable bonds is 7. The lowest BCUT2D eigenvalue weighted by Gasteiger charge is -2.29. The van der Waals surface area contributed by atoms with E-state index in [4.69, 9.17) is 9.72 Å². The molecule has 3 aromatic rings. The van der Waals surface area contributed by atoms with Gasteiger partial charge in [0.1, 0.15) is 17.5 Å². The summed E-state index contributed by atoms with van der Waals surface area (Å²) in [5.41, 5.74) is 2.89. The third-order valence-corrected chi connectivity index (χ3v) is 5.94. The highest BCUT2D eigenvalue weighted by Crippen LogP contribution is 2.30. The van der Waals surface area contributed by atoms with Gasteiger partial charge < -0.3 is 19.9 Å². The summed E-state index contributed by atoms with van der Waals surface area (Å²) in [5, 5.41) is 4.15. The average Bonchev–Trinajstić information content (AvgIpc) is 2.85. The molecule has 0 aliphatic carbocycles. The number of morpholine rings is 1. The smallest absolute Gasteiger partial charge is 0.259 e. The lowest BCUT2D eigenvalue weighted by molar-refractivity contribution is 0.122. The molecule has 0 unspecified atom stereocenters. The van der Waals surface area contributed by atoms with E-state index in [2.05, 4.69) is 10.3 Å². The molecule has 1 aromatic carbocycles. The van der Waals surface area contributed by atoms with Gasteiger partial charge in [-0.25, -0.2) is 13.8 Å². The van der Waals surface area contributed by atoms with Gasteiger partial charge in [-0.2, -0.15) is 0 Å². The van der Waals surface area contributed by atoms with E-state index in [1.54, 1.807) is 36.5 Å². The van der Waals surface area contributed by atoms with Crippen molar-refractivity contribution in [3.8, 4) is 0 Å². The summed E-state index contributed by atoms with van der Waals surface area (Å²) in [6, 6.07) is 8.45. The van der Waals surface area contributed by atoms with Crippen molar-refractivity contribution >= 4 is 33.5 Å². The number of ether oxygens (including phenoxy) is 1. The predicted molar refractivity (Wildman–Crippen MR) is 142 cm³/mol. The van der Waals surface area contributed by atoms with Crippen molar-refractivity contribution in [2.45, 2.75) is 27.2 Å². The van der Waals surface area contributed by atoms with E-state index in [0.717, 1.165) is 11.1 Å². The first-order valence-corrected chi connectivity index (χ1v) is 12.0. The highest BCUT2D eigenvalue weighted by Gasteiger charge is 2.17. The third kappa shape index (κ3) is 5.71. The number of nitrogens with zero attached hydrogens (tertiary/aromatic N) is 2. The topological polar surface area (TPSA) is 70.2 Å². The molecule has 1 saturated heterocycles. The zero-order valence-electron chi connectivity index (χ0n) is 20.7. The molecule has 1 fully saturated rings. The number of pyridine rings is 2. The van der Waals surface area contributed by atoms with Gasteiger partial charge in [-0.3, -0.25) is 4.79 Å². The van der Waals surface area contributed by atoms with Gasteiger partial charge in [0.05, 0.1) is 30.0 Å². The number of hydrogen-bond donors (Lipinski definition) is 2. The minimum atomic E-state index is -0.373. The second kappa shape index (κ2) is 11.3. The molecule has 1 aliphatic rings. The largest absolute Gasteiger partial charge is 0.378 e. The maximum Gasteiger partial charge on any atom is 0.259 e. The SMILES string of the molecule is CC/C=C(F)/C=C\C(=C(C)C)c1cc2cc[nH]c(=O)c2c(Nc2ccc(N3CCOCC3)c(F)c2)n1. The predicted octanol–water partition coefficient (Wildman–Crippen LogP) is 6.26. The zero-order valence-corrected chi connectivity index (χ0v) is 20.7.